The minimum atomic E-state index is -0.262. The van der Waals surface area contributed by atoms with Crippen LogP contribution in [-0.2, 0) is 6.42 Å². The quantitative estimate of drug-likeness (QED) is 0.880. The van der Waals surface area contributed by atoms with Crippen LogP contribution in [0.3, 0.4) is 0 Å². The van der Waals surface area contributed by atoms with Crippen LogP contribution in [0.2, 0.25) is 0 Å². The van der Waals surface area contributed by atoms with E-state index in [9.17, 15) is 4.39 Å². The lowest BCUT2D eigenvalue weighted by Crippen LogP contribution is -2.19. The van der Waals surface area contributed by atoms with Crippen molar-refractivity contribution in [3.63, 3.8) is 0 Å². The molecule has 1 heterocycles. The Morgan fingerprint density at radius 1 is 1.16 bits per heavy atom. The SMILES string of the molecule is COc1cccc(C2CCc3ccccc3N2)c1F. The molecule has 1 atom stereocenters. The van der Waals surface area contributed by atoms with Crippen LogP contribution in [0.1, 0.15) is 23.6 Å². The van der Waals surface area contributed by atoms with Gasteiger partial charge in [-0.05, 0) is 30.5 Å². The molecule has 0 spiro atoms. The molecule has 1 N–H and O–H groups in total. The van der Waals surface area contributed by atoms with Gasteiger partial charge in [-0.1, -0.05) is 30.3 Å². The van der Waals surface area contributed by atoms with Gasteiger partial charge >= 0.3 is 0 Å². The van der Waals surface area contributed by atoms with Crippen molar-refractivity contribution in [2.75, 3.05) is 12.4 Å². The number of hydrogen-bond donors (Lipinski definition) is 1. The van der Waals surface area contributed by atoms with Crippen molar-refractivity contribution < 1.29 is 9.13 Å². The summed E-state index contributed by atoms with van der Waals surface area (Å²) in [6, 6.07) is 13.5. The zero-order valence-corrected chi connectivity index (χ0v) is 10.8. The van der Waals surface area contributed by atoms with Crippen LogP contribution < -0.4 is 10.1 Å². The monoisotopic (exact) mass is 257 g/mol. The van der Waals surface area contributed by atoms with Crippen LogP contribution in [0.5, 0.6) is 5.75 Å². The first-order valence-corrected chi connectivity index (χ1v) is 6.46. The maximum absolute atomic E-state index is 14.3. The van der Waals surface area contributed by atoms with Gasteiger partial charge in [0.05, 0.1) is 13.2 Å². The number of hydrogen-bond acceptors (Lipinski definition) is 2. The summed E-state index contributed by atoms with van der Waals surface area (Å²) in [7, 11) is 1.49. The van der Waals surface area contributed by atoms with Gasteiger partial charge in [0.25, 0.3) is 0 Å². The molecule has 3 rings (SSSR count). The summed E-state index contributed by atoms with van der Waals surface area (Å²) in [5.41, 5.74) is 3.07. The van der Waals surface area contributed by atoms with Crippen LogP contribution in [0.15, 0.2) is 42.5 Å². The molecule has 1 aliphatic heterocycles. The molecule has 98 valence electrons. The highest BCUT2D eigenvalue weighted by atomic mass is 19.1. The molecule has 0 saturated heterocycles. The van der Waals surface area contributed by atoms with Crippen LogP contribution >= 0.6 is 0 Å². The minimum Gasteiger partial charge on any atom is -0.494 e. The van der Waals surface area contributed by atoms with Gasteiger partial charge in [-0.15, -0.1) is 0 Å². The molecule has 2 nitrogen and oxygen atoms in total. The number of para-hydroxylation sites is 1. The van der Waals surface area contributed by atoms with E-state index >= 15 is 0 Å². The summed E-state index contributed by atoms with van der Waals surface area (Å²) in [5.74, 6) is 0.0417. The van der Waals surface area contributed by atoms with Crippen molar-refractivity contribution in [2.45, 2.75) is 18.9 Å². The normalized spacial score (nSPS) is 17.5. The molecule has 0 saturated carbocycles. The molecule has 19 heavy (non-hydrogen) atoms. The van der Waals surface area contributed by atoms with E-state index in [0.29, 0.717) is 11.3 Å². The third kappa shape index (κ3) is 2.16. The van der Waals surface area contributed by atoms with Gasteiger partial charge in [-0.2, -0.15) is 0 Å². The second-order valence-electron chi connectivity index (χ2n) is 4.76. The Morgan fingerprint density at radius 3 is 2.84 bits per heavy atom. The van der Waals surface area contributed by atoms with Gasteiger partial charge in [0.2, 0.25) is 0 Å². The third-order valence-electron chi connectivity index (χ3n) is 3.64. The van der Waals surface area contributed by atoms with Crippen molar-refractivity contribution in [3.8, 4) is 5.75 Å². The summed E-state index contributed by atoms with van der Waals surface area (Å²) in [4.78, 5) is 0. The average Bonchev–Trinajstić information content (AvgIpc) is 2.47. The van der Waals surface area contributed by atoms with Gasteiger partial charge in [0, 0.05) is 11.3 Å². The fraction of sp³-hybridized carbons (Fsp3) is 0.250. The molecule has 0 amide bonds. The average molecular weight is 257 g/mol. The number of fused-ring (bicyclic) bond motifs is 1. The van der Waals surface area contributed by atoms with E-state index in [4.69, 9.17) is 4.74 Å². The maximum Gasteiger partial charge on any atom is 0.170 e. The van der Waals surface area contributed by atoms with E-state index in [0.717, 1.165) is 18.5 Å². The predicted molar refractivity (Wildman–Crippen MR) is 74.1 cm³/mol. The smallest absolute Gasteiger partial charge is 0.170 e. The van der Waals surface area contributed by atoms with Gasteiger partial charge < -0.3 is 10.1 Å². The highest BCUT2D eigenvalue weighted by Crippen LogP contribution is 2.35. The summed E-state index contributed by atoms with van der Waals surface area (Å²) in [5, 5.41) is 3.41. The molecular formula is C16H16FNO. The number of rotatable bonds is 2. The Hall–Kier alpha value is -2.03. The first kappa shape index (κ1) is 12.0. The number of methoxy groups -OCH3 is 1. The molecule has 1 aliphatic rings. The number of nitrogens with one attached hydrogen (secondary N) is 1. The number of aryl methyl sites for hydroxylation is 1. The topological polar surface area (TPSA) is 21.3 Å². The molecule has 0 aromatic heterocycles. The second-order valence-corrected chi connectivity index (χ2v) is 4.76. The fourth-order valence-corrected chi connectivity index (χ4v) is 2.63. The lowest BCUT2D eigenvalue weighted by molar-refractivity contribution is 0.382. The van der Waals surface area contributed by atoms with Crippen molar-refractivity contribution in [1.29, 1.82) is 0 Å². The largest absolute Gasteiger partial charge is 0.494 e. The van der Waals surface area contributed by atoms with E-state index in [1.807, 2.05) is 30.3 Å². The zero-order chi connectivity index (χ0) is 13.2. The van der Waals surface area contributed by atoms with E-state index in [-0.39, 0.29) is 11.9 Å². The molecule has 0 radical (unpaired) electrons. The van der Waals surface area contributed by atoms with Gasteiger partial charge in [0.15, 0.2) is 11.6 Å². The van der Waals surface area contributed by atoms with Gasteiger partial charge in [0.1, 0.15) is 0 Å². The van der Waals surface area contributed by atoms with Gasteiger partial charge in [-0.3, -0.25) is 0 Å². The molecule has 1 unspecified atom stereocenters. The van der Waals surface area contributed by atoms with Crippen molar-refractivity contribution in [2.24, 2.45) is 0 Å². The van der Waals surface area contributed by atoms with Crippen molar-refractivity contribution >= 4 is 5.69 Å². The van der Waals surface area contributed by atoms with Crippen LogP contribution in [0, 0.1) is 5.82 Å². The predicted octanol–water partition coefficient (Wildman–Crippen LogP) is 3.93. The summed E-state index contributed by atoms with van der Waals surface area (Å²) < 4.78 is 19.3. The Morgan fingerprint density at radius 2 is 2.00 bits per heavy atom. The summed E-state index contributed by atoms with van der Waals surface area (Å²) in [6.07, 6.45) is 1.85. The van der Waals surface area contributed by atoms with Crippen molar-refractivity contribution in [1.82, 2.24) is 0 Å². The lowest BCUT2D eigenvalue weighted by Gasteiger charge is -2.27. The molecular weight excluding hydrogens is 241 g/mol. The Labute approximate surface area is 112 Å². The second kappa shape index (κ2) is 4.92. The number of benzene rings is 2. The third-order valence-corrected chi connectivity index (χ3v) is 3.64. The molecule has 0 bridgehead atoms. The van der Waals surface area contributed by atoms with Crippen molar-refractivity contribution in [3.05, 3.63) is 59.4 Å². The molecule has 2 aromatic carbocycles. The highest BCUT2D eigenvalue weighted by Gasteiger charge is 2.22. The van der Waals surface area contributed by atoms with E-state index in [1.54, 1.807) is 6.07 Å². The van der Waals surface area contributed by atoms with Gasteiger partial charge in [-0.25, -0.2) is 4.39 Å². The fourth-order valence-electron chi connectivity index (χ4n) is 2.63. The van der Waals surface area contributed by atoms with Crippen LogP contribution in [-0.4, -0.2) is 7.11 Å². The lowest BCUT2D eigenvalue weighted by atomic mass is 9.93. The summed E-state index contributed by atoms with van der Waals surface area (Å²) >= 11 is 0. The zero-order valence-electron chi connectivity index (χ0n) is 10.8. The van der Waals surface area contributed by atoms with E-state index in [1.165, 1.54) is 12.7 Å². The molecule has 0 aliphatic carbocycles. The van der Waals surface area contributed by atoms with Crippen LogP contribution in [0.4, 0.5) is 10.1 Å². The molecule has 3 heteroatoms. The Bertz CT molecular complexity index is 597. The number of halogens is 1. The Kier molecular flexibility index (Phi) is 3.11. The first-order valence-electron chi connectivity index (χ1n) is 6.46. The van der Waals surface area contributed by atoms with Crippen LogP contribution in [0.25, 0.3) is 0 Å². The molecule has 0 fully saturated rings. The first-order chi connectivity index (χ1) is 9.29. The maximum atomic E-state index is 14.3. The van der Waals surface area contributed by atoms with E-state index in [2.05, 4.69) is 11.4 Å². The van der Waals surface area contributed by atoms with E-state index < -0.39 is 0 Å². The summed E-state index contributed by atoms with van der Waals surface area (Å²) in [6.45, 7) is 0. The number of ether oxygens (including phenoxy) is 1. The standard InChI is InChI=1S/C16H16FNO/c1-19-15-8-4-6-12(16(15)17)14-10-9-11-5-2-3-7-13(11)18-14/h2-8,14,18H,9-10H2,1H3. The Balaban J connectivity index is 1.93. The highest BCUT2D eigenvalue weighted by molar-refractivity contribution is 5.55. The number of anilines is 1. The minimum absolute atomic E-state index is 0.00463. The molecule has 2 aromatic rings.